The summed E-state index contributed by atoms with van der Waals surface area (Å²) in [6.07, 6.45) is 1.85. The van der Waals surface area contributed by atoms with Gasteiger partial charge in [0.1, 0.15) is 5.69 Å². The van der Waals surface area contributed by atoms with Crippen LogP contribution in [0.1, 0.15) is 36.2 Å². The third-order valence-electron chi connectivity index (χ3n) is 5.46. The van der Waals surface area contributed by atoms with Crippen LogP contribution in [0.4, 0.5) is 13.2 Å². The molecule has 2 aliphatic rings. The van der Waals surface area contributed by atoms with Crippen LogP contribution in [0.3, 0.4) is 0 Å². The first-order chi connectivity index (χ1) is 13.3. The number of carbonyl (C=O) groups excluding carboxylic acids is 2. The standard InChI is InChI=1S/C18H19F3N4O3/c19-18(20,21)16(27)28-25-13-3-6-22-9-11(13)7-14(25)15(26)23-10-12-8-17(12)4-1-2-5-24-17/h3,6-7,9,12,24H,1-2,4-5,8,10H2,(H,23,26). The molecular formula is C18H19F3N4O3. The highest BCUT2D eigenvalue weighted by Gasteiger charge is 2.53. The van der Waals surface area contributed by atoms with Gasteiger partial charge in [-0.1, -0.05) is 6.42 Å². The number of aromatic nitrogens is 2. The summed E-state index contributed by atoms with van der Waals surface area (Å²) in [5, 5.41) is 6.64. The number of rotatable bonds is 4. The van der Waals surface area contributed by atoms with Crippen LogP contribution in [-0.4, -0.2) is 46.4 Å². The van der Waals surface area contributed by atoms with E-state index in [9.17, 15) is 22.8 Å². The van der Waals surface area contributed by atoms with E-state index in [-0.39, 0.29) is 22.7 Å². The van der Waals surface area contributed by atoms with E-state index in [4.69, 9.17) is 0 Å². The normalized spacial score (nSPS) is 24.3. The fourth-order valence-corrected chi connectivity index (χ4v) is 3.89. The van der Waals surface area contributed by atoms with E-state index in [1.165, 1.54) is 24.5 Å². The van der Waals surface area contributed by atoms with Gasteiger partial charge < -0.3 is 15.5 Å². The second-order valence-electron chi connectivity index (χ2n) is 7.29. The van der Waals surface area contributed by atoms with Gasteiger partial charge >= 0.3 is 12.1 Å². The lowest BCUT2D eigenvalue weighted by atomic mass is 10.0. The Labute approximate surface area is 158 Å². The van der Waals surface area contributed by atoms with Gasteiger partial charge in [-0.2, -0.15) is 17.9 Å². The topological polar surface area (TPSA) is 85.2 Å². The molecule has 2 N–H and O–H groups in total. The molecule has 1 aliphatic carbocycles. The molecule has 2 aromatic rings. The van der Waals surface area contributed by atoms with Gasteiger partial charge in [0, 0.05) is 29.9 Å². The second kappa shape index (κ2) is 6.77. The molecule has 28 heavy (non-hydrogen) atoms. The van der Waals surface area contributed by atoms with Gasteiger partial charge in [0.25, 0.3) is 5.91 Å². The number of fused-ring (bicyclic) bond motifs is 1. The van der Waals surface area contributed by atoms with Gasteiger partial charge in [0.15, 0.2) is 0 Å². The van der Waals surface area contributed by atoms with Crippen molar-refractivity contribution in [2.24, 2.45) is 5.92 Å². The van der Waals surface area contributed by atoms with Crippen LogP contribution >= 0.6 is 0 Å². The van der Waals surface area contributed by atoms with E-state index in [0.29, 0.717) is 16.7 Å². The number of carbonyl (C=O) groups is 2. The van der Waals surface area contributed by atoms with E-state index >= 15 is 0 Å². The van der Waals surface area contributed by atoms with E-state index in [1.807, 2.05) is 0 Å². The number of amides is 1. The Balaban J connectivity index is 1.51. The minimum absolute atomic E-state index is 0.0743. The van der Waals surface area contributed by atoms with Crippen LogP contribution in [0.25, 0.3) is 10.9 Å². The highest BCUT2D eigenvalue weighted by Crippen LogP contribution is 2.48. The predicted octanol–water partition coefficient (Wildman–Crippen LogP) is 1.82. The Hall–Kier alpha value is -2.62. The maximum Gasteiger partial charge on any atom is 0.493 e. The van der Waals surface area contributed by atoms with Crippen LogP contribution in [0, 0.1) is 5.92 Å². The van der Waals surface area contributed by atoms with Crippen LogP contribution in [0.5, 0.6) is 0 Å². The van der Waals surface area contributed by atoms with Crippen LogP contribution < -0.4 is 15.5 Å². The van der Waals surface area contributed by atoms with Crippen LogP contribution in [0.2, 0.25) is 0 Å². The first-order valence-corrected chi connectivity index (χ1v) is 9.08. The zero-order chi connectivity index (χ0) is 19.9. The molecule has 2 unspecified atom stereocenters. The van der Waals surface area contributed by atoms with Gasteiger partial charge in [-0.3, -0.25) is 9.78 Å². The molecule has 2 aromatic heterocycles. The second-order valence-corrected chi connectivity index (χ2v) is 7.29. The summed E-state index contributed by atoms with van der Waals surface area (Å²) in [4.78, 5) is 32.3. The van der Waals surface area contributed by atoms with E-state index in [0.717, 1.165) is 32.2 Å². The Morgan fingerprint density at radius 3 is 2.93 bits per heavy atom. The van der Waals surface area contributed by atoms with Crippen molar-refractivity contribution in [3.05, 3.63) is 30.2 Å². The van der Waals surface area contributed by atoms with Crippen LogP contribution in [-0.2, 0) is 4.79 Å². The molecular weight excluding hydrogens is 377 g/mol. The van der Waals surface area contributed by atoms with Crippen molar-refractivity contribution in [3.8, 4) is 0 Å². The van der Waals surface area contributed by atoms with Gasteiger partial charge in [-0.25, -0.2) is 4.79 Å². The van der Waals surface area contributed by atoms with Crippen molar-refractivity contribution < 1.29 is 27.6 Å². The van der Waals surface area contributed by atoms with Crippen molar-refractivity contribution in [1.29, 1.82) is 0 Å². The highest BCUT2D eigenvalue weighted by molar-refractivity contribution is 5.98. The number of halogens is 3. The molecule has 0 bridgehead atoms. The quantitative estimate of drug-likeness (QED) is 0.824. The monoisotopic (exact) mass is 396 g/mol. The number of pyridine rings is 1. The Kier molecular flexibility index (Phi) is 4.53. The van der Waals surface area contributed by atoms with E-state index in [2.05, 4.69) is 20.5 Å². The molecule has 0 aromatic carbocycles. The lowest BCUT2D eigenvalue weighted by Crippen LogP contribution is -2.41. The third-order valence-corrected chi connectivity index (χ3v) is 5.46. The Bertz CT molecular complexity index is 918. The zero-order valence-corrected chi connectivity index (χ0v) is 14.9. The summed E-state index contributed by atoms with van der Waals surface area (Å²) in [5.74, 6) is -2.72. The molecule has 7 nitrogen and oxygen atoms in total. The fourth-order valence-electron chi connectivity index (χ4n) is 3.89. The van der Waals surface area contributed by atoms with Crippen molar-refractivity contribution in [2.45, 2.75) is 37.4 Å². The molecule has 2 atom stereocenters. The average molecular weight is 396 g/mol. The molecule has 0 radical (unpaired) electrons. The molecule has 1 saturated heterocycles. The average Bonchev–Trinajstić information content (AvgIpc) is 3.18. The molecule has 1 aliphatic heterocycles. The Morgan fingerprint density at radius 2 is 2.21 bits per heavy atom. The summed E-state index contributed by atoms with van der Waals surface area (Å²) in [6, 6.07) is 2.72. The maximum absolute atomic E-state index is 12.6. The van der Waals surface area contributed by atoms with Gasteiger partial charge in [-0.15, -0.1) is 0 Å². The predicted molar refractivity (Wildman–Crippen MR) is 92.4 cm³/mol. The summed E-state index contributed by atoms with van der Waals surface area (Å²) in [5.41, 5.74) is 0.0340. The number of nitrogens with one attached hydrogen (secondary N) is 2. The van der Waals surface area contributed by atoms with E-state index < -0.39 is 18.1 Å². The number of hydrogen-bond acceptors (Lipinski definition) is 5. The summed E-state index contributed by atoms with van der Waals surface area (Å²) < 4.78 is 38.5. The van der Waals surface area contributed by atoms with Crippen molar-refractivity contribution in [3.63, 3.8) is 0 Å². The number of hydrogen-bond donors (Lipinski definition) is 2. The fraction of sp³-hybridized carbons (Fsp3) is 0.500. The van der Waals surface area contributed by atoms with Gasteiger partial charge in [-0.05, 0) is 43.9 Å². The van der Waals surface area contributed by atoms with Crippen molar-refractivity contribution in [2.75, 3.05) is 13.1 Å². The van der Waals surface area contributed by atoms with Gasteiger partial charge in [0.2, 0.25) is 0 Å². The van der Waals surface area contributed by atoms with Crippen molar-refractivity contribution >= 4 is 22.8 Å². The molecule has 2 fully saturated rings. The lowest BCUT2D eigenvalue weighted by Gasteiger charge is -2.24. The molecule has 1 amide bonds. The first kappa shape index (κ1) is 18.7. The number of piperidine rings is 1. The minimum Gasteiger partial charge on any atom is -0.350 e. The Morgan fingerprint density at radius 1 is 1.39 bits per heavy atom. The highest BCUT2D eigenvalue weighted by atomic mass is 19.4. The SMILES string of the molecule is O=C(NCC1CC12CCCCN2)c1cc2cnccc2n1OC(=O)C(F)(F)F. The number of alkyl halides is 3. The maximum atomic E-state index is 12.6. The lowest BCUT2D eigenvalue weighted by molar-refractivity contribution is -0.199. The smallest absolute Gasteiger partial charge is 0.350 e. The molecule has 10 heteroatoms. The molecule has 1 saturated carbocycles. The molecule has 1 spiro atoms. The largest absolute Gasteiger partial charge is 0.493 e. The molecule has 4 rings (SSSR count). The van der Waals surface area contributed by atoms with Crippen molar-refractivity contribution in [1.82, 2.24) is 20.3 Å². The van der Waals surface area contributed by atoms with E-state index in [1.54, 1.807) is 0 Å². The third kappa shape index (κ3) is 3.44. The summed E-state index contributed by atoms with van der Waals surface area (Å²) in [6.45, 7) is 1.36. The zero-order valence-electron chi connectivity index (χ0n) is 14.9. The first-order valence-electron chi connectivity index (χ1n) is 9.08. The van der Waals surface area contributed by atoms with Crippen LogP contribution in [0.15, 0.2) is 24.5 Å². The summed E-state index contributed by atoms with van der Waals surface area (Å²) in [7, 11) is 0. The molecule has 150 valence electrons. The number of nitrogens with zero attached hydrogens (tertiary/aromatic N) is 2. The minimum atomic E-state index is -5.18. The molecule has 3 heterocycles. The summed E-state index contributed by atoms with van der Waals surface area (Å²) >= 11 is 0. The van der Waals surface area contributed by atoms with Gasteiger partial charge in [0.05, 0.1) is 5.52 Å².